The van der Waals surface area contributed by atoms with Crippen LogP contribution in [0.5, 0.6) is 0 Å². The molecule has 7 nitrogen and oxygen atoms in total. The number of hydrogen-bond donors (Lipinski definition) is 2. The van der Waals surface area contributed by atoms with Gasteiger partial charge in [-0.3, -0.25) is 14.5 Å². The van der Waals surface area contributed by atoms with E-state index in [2.05, 4.69) is 27.7 Å². The van der Waals surface area contributed by atoms with Crippen LogP contribution in [0.15, 0.2) is 36.4 Å². The second kappa shape index (κ2) is 7.99. The number of benzene rings is 2. The number of carbonyl (C=O) groups is 3. The second-order valence-electron chi connectivity index (χ2n) is 9.29. The molecule has 5 rings (SSSR count). The fourth-order valence-electron chi connectivity index (χ4n) is 6.01. The molecule has 3 atom stereocenters. The van der Waals surface area contributed by atoms with E-state index < -0.39 is 17.4 Å². The Morgan fingerprint density at radius 3 is 2.70 bits per heavy atom. The van der Waals surface area contributed by atoms with Crippen molar-refractivity contribution in [2.75, 3.05) is 23.8 Å². The number of rotatable bonds is 4. The fourth-order valence-corrected chi connectivity index (χ4v) is 6.01. The van der Waals surface area contributed by atoms with Gasteiger partial charge in [0.25, 0.3) is 0 Å². The van der Waals surface area contributed by atoms with Gasteiger partial charge in [0.2, 0.25) is 11.8 Å². The van der Waals surface area contributed by atoms with Crippen molar-refractivity contribution in [3.05, 3.63) is 58.7 Å². The maximum absolute atomic E-state index is 13.6. The van der Waals surface area contributed by atoms with Crippen LogP contribution in [-0.4, -0.2) is 41.9 Å². The van der Waals surface area contributed by atoms with Crippen molar-refractivity contribution in [1.29, 1.82) is 0 Å². The summed E-state index contributed by atoms with van der Waals surface area (Å²) < 4.78 is 5.02. The Hall–Kier alpha value is -3.19. The van der Waals surface area contributed by atoms with Gasteiger partial charge in [-0.1, -0.05) is 17.7 Å². The summed E-state index contributed by atoms with van der Waals surface area (Å²) in [6.45, 7) is 6.90. The van der Waals surface area contributed by atoms with Crippen molar-refractivity contribution in [1.82, 2.24) is 4.90 Å². The highest BCUT2D eigenvalue weighted by Gasteiger charge is 2.65. The highest BCUT2D eigenvalue weighted by atomic mass is 16.5. The smallest absolute Gasteiger partial charge is 0.338 e. The number of esters is 1. The number of aryl methyl sites for hydroxylation is 2. The maximum Gasteiger partial charge on any atom is 0.338 e. The van der Waals surface area contributed by atoms with E-state index in [1.54, 1.807) is 31.2 Å². The largest absolute Gasteiger partial charge is 0.462 e. The van der Waals surface area contributed by atoms with Crippen molar-refractivity contribution >= 4 is 29.2 Å². The third-order valence-corrected chi connectivity index (χ3v) is 7.30. The molecule has 0 radical (unpaired) electrons. The van der Waals surface area contributed by atoms with Crippen molar-refractivity contribution < 1.29 is 19.1 Å². The van der Waals surface area contributed by atoms with E-state index in [4.69, 9.17) is 4.74 Å². The Kier molecular flexibility index (Phi) is 5.24. The molecule has 2 amide bonds. The summed E-state index contributed by atoms with van der Waals surface area (Å²) in [6.07, 6.45) is 2.67. The molecular weight excluding hydrogens is 418 g/mol. The first kappa shape index (κ1) is 21.6. The lowest BCUT2D eigenvalue weighted by atomic mass is 9.77. The molecule has 2 fully saturated rings. The minimum atomic E-state index is -0.984. The molecule has 0 saturated carbocycles. The van der Waals surface area contributed by atoms with E-state index in [9.17, 15) is 14.4 Å². The second-order valence-corrected chi connectivity index (χ2v) is 9.29. The van der Waals surface area contributed by atoms with Gasteiger partial charge in [-0.05, 0) is 76.4 Å². The Labute approximate surface area is 193 Å². The Morgan fingerprint density at radius 1 is 1.21 bits per heavy atom. The monoisotopic (exact) mass is 447 g/mol. The van der Waals surface area contributed by atoms with Crippen molar-refractivity contribution in [2.24, 2.45) is 5.92 Å². The lowest BCUT2D eigenvalue weighted by Crippen LogP contribution is -2.53. The summed E-state index contributed by atoms with van der Waals surface area (Å²) in [4.78, 5) is 41.5. The minimum Gasteiger partial charge on any atom is -0.462 e. The summed E-state index contributed by atoms with van der Waals surface area (Å²) in [5.41, 5.74) is 3.91. The van der Waals surface area contributed by atoms with Gasteiger partial charge in [0.15, 0.2) is 0 Å². The molecule has 1 spiro atoms. The van der Waals surface area contributed by atoms with Crippen LogP contribution in [0.25, 0.3) is 0 Å². The van der Waals surface area contributed by atoms with Crippen molar-refractivity contribution in [3.8, 4) is 0 Å². The molecule has 33 heavy (non-hydrogen) atoms. The summed E-state index contributed by atoms with van der Waals surface area (Å²) in [7, 11) is 0. The molecule has 0 bridgehead atoms. The van der Waals surface area contributed by atoms with Crippen LogP contribution in [0.3, 0.4) is 0 Å². The van der Waals surface area contributed by atoms with E-state index in [0.29, 0.717) is 24.3 Å². The van der Waals surface area contributed by atoms with Gasteiger partial charge in [0, 0.05) is 23.0 Å². The van der Waals surface area contributed by atoms with E-state index in [-0.39, 0.29) is 17.9 Å². The molecule has 3 unspecified atom stereocenters. The highest BCUT2D eigenvalue weighted by molar-refractivity contribution is 6.11. The summed E-state index contributed by atoms with van der Waals surface area (Å²) >= 11 is 0. The van der Waals surface area contributed by atoms with Gasteiger partial charge in [0.1, 0.15) is 5.54 Å². The highest BCUT2D eigenvalue weighted by Crippen LogP contribution is 2.56. The third kappa shape index (κ3) is 3.25. The molecule has 2 N–H and O–H groups in total. The molecule has 2 aromatic carbocycles. The molecule has 2 saturated heterocycles. The van der Waals surface area contributed by atoms with Crippen LogP contribution in [0, 0.1) is 19.8 Å². The lowest BCUT2D eigenvalue weighted by molar-refractivity contribution is -0.135. The van der Waals surface area contributed by atoms with Crippen LogP contribution in [-0.2, 0) is 19.9 Å². The van der Waals surface area contributed by atoms with Crippen molar-refractivity contribution in [2.45, 2.75) is 51.6 Å². The Morgan fingerprint density at radius 2 is 1.97 bits per heavy atom. The Bertz CT molecular complexity index is 1140. The number of fused-ring (bicyclic) bond motifs is 4. The molecule has 0 aromatic heterocycles. The minimum absolute atomic E-state index is 0.103. The quantitative estimate of drug-likeness (QED) is 0.697. The van der Waals surface area contributed by atoms with Gasteiger partial charge in [0.05, 0.1) is 18.1 Å². The summed E-state index contributed by atoms with van der Waals surface area (Å²) in [5, 5.41) is 6.11. The standard InChI is InChI=1S/C26H29N3O4/c1-4-33-24(31)17-7-9-18(10-8-17)27-23(30)21-14-19-6-5-11-29(19)26(21)20-13-15(2)12-16(3)22(20)28-25(26)32/h7-10,12-13,19,21H,4-6,11,14H2,1-3H3,(H,27,30)(H,28,32). The van der Waals surface area contributed by atoms with E-state index in [0.717, 1.165) is 41.8 Å². The molecule has 3 heterocycles. The maximum atomic E-state index is 13.6. The van der Waals surface area contributed by atoms with Crippen molar-refractivity contribution in [3.63, 3.8) is 0 Å². The van der Waals surface area contributed by atoms with Crippen LogP contribution < -0.4 is 10.6 Å². The predicted octanol–water partition coefficient (Wildman–Crippen LogP) is 3.75. The van der Waals surface area contributed by atoms with Gasteiger partial charge >= 0.3 is 5.97 Å². The van der Waals surface area contributed by atoms with Gasteiger partial charge in [-0.25, -0.2) is 4.79 Å². The SMILES string of the molecule is CCOC(=O)c1ccc(NC(=O)C2CC3CCCN3C23C(=O)Nc2c(C)cc(C)cc23)cc1. The number of ether oxygens (including phenoxy) is 1. The van der Waals surface area contributed by atoms with Crippen LogP contribution >= 0.6 is 0 Å². The summed E-state index contributed by atoms with van der Waals surface area (Å²) in [6, 6.07) is 11.0. The van der Waals surface area contributed by atoms with E-state index in [1.807, 2.05) is 13.8 Å². The average molecular weight is 448 g/mol. The van der Waals surface area contributed by atoms with Gasteiger partial charge < -0.3 is 15.4 Å². The van der Waals surface area contributed by atoms with Gasteiger partial charge in [-0.2, -0.15) is 0 Å². The number of anilines is 2. The molecule has 3 aliphatic rings. The summed E-state index contributed by atoms with van der Waals surface area (Å²) in [5.74, 6) is -1.17. The zero-order chi connectivity index (χ0) is 23.3. The zero-order valence-corrected chi connectivity index (χ0v) is 19.2. The molecular formula is C26H29N3O4. The first-order chi connectivity index (χ1) is 15.9. The number of carbonyl (C=O) groups excluding carboxylic acids is 3. The number of nitrogens with one attached hydrogen (secondary N) is 2. The number of nitrogens with zero attached hydrogens (tertiary/aromatic N) is 1. The topological polar surface area (TPSA) is 87.7 Å². The molecule has 3 aliphatic heterocycles. The molecule has 0 aliphatic carbocycles. The molecule has 2 aromatic rings. The van der Waals surface area contributed by atoms with Crippen LogP contribution in [0.2, 0.25) is 0 Å². The van der Waals surface area contributed by atoms with E-state index >= 15 is 0 Å². The average Bonchev–Trinajstić information content (AvgIpc) is 3.44. The lowest BCUT2D eigenvalue weighted by Gasteiger charge is -2.36. The first-order valence-corrected chi connectivity index (χ1v) is 11.6. The molecule has 7 heteroatoms. The van der Waals surface area contributed by atoms with E-state index in [1.165, 1.54) is 0 Å². The number of hydrogen-bond acceptors (Lipinski definition) is 5. The third-order valence-electron chi connectivity index (χ3n) is 7.30. The van der Waals surface area contributed by atoms with Crippen LogP contribution in [0.4, 0.5) is 11.4 Å². The molecule has 172 valence electrons. The predicted molar refractivity (Wildman–Crippen MR) is 125 cm³/mol. The fraction of sp³-hybridized carbons (Fsp3) is 0.423. The first-order valence-electron chi connectivity index (χ1n) is 11.6. The van der Waals surface area contributed by atoms with Gasteiger partial charge in [-0.15, -0.1) is 0 Å². The normalized spacial score (nSPS) is 25.6. The zero-order valence-electron chi connectivity index (χ0n) is 19.2. The number of amides is 2. The Balaban J connectivity index is 1.49. The van der Waals surface area contributed by atoms with Crippen LogP contribution in [0.1, 0.15) is 53.2 Å².